The molecule has 0 saturated heterocycles. The van der Waals surface area contributed by atoms with Crippen molar-refractivity contribution in [3.8, 4) is 17.0 Å². The van der Waals surface area contributed by atoms with Gasteiger partial charge >= 0.3 is 0 Å². The van der Waals surface area contributed by atoms with Crippen LogP contribution in [0.25, 0.3) is 11.3 Å². The molecular formula is C29H26Cl3N5O3. The monoisotopic (exact) mass is 597 g/mol. The SMILES string of the molecule is N/N=C(\NN)c1ccc(C2CC2c2ccc(OC(O)c3c(-c4c(Cl)cccc4Cl)noc3C3CC3)cc2Cl)cc1. The van der Waals surface area contributed by atoms with E-state index >= 15 is 0 Å². The fraction of sp³-hybridized carbons (Fsp3) is 0.241. The third-order valence-electron chi connectivity index (χ3n) is 7.44. The minimum absolute atomic E-state index is 0.170. The summed E-state index contributed by atoms with van der Waals surface area (Å²) in [5.74, 6) is 13.0. The molecule has 0 bridgehead atoms. The van der Waals surface area contributed by atoms with Crippen LogP contribution in [0, 0.1) is 0 Å². The van der Waals surface area contributed by atoms with Crippen LogP contribution in [0.5, 0.6) is 5.75 Å². The first-order chi connectivity index (χ1) is 19.4. The Kier molecular flexibility index (Phi) is 7.37. The van der Waals surface area contributed by atoms with Crippen molar-refractivity contribution >= 4 is 40.6 Å². The average molecular weight is 599 g/mol. The molecule has 1 aromatic heterocycles. The van der Waals surface area contributed by atoms with Gasteiger partial charge in [0.2, 0.25) is 6.29 Å². The fourth-order valence-corrected chi connectivity index (χ4v) is 6.04. The van der Waals surface area contributed by atoms with Crippen molar-refractivity contribution in [2.24, 2.45) is 16.8 Å². The molecule has 8 nitrogen and oxygen atoms in total. The molecule has 3 aromatic carbocycles. The molecule has 0 aliphatic heterocycles. The first-order valence-corrected chi connectivity index (χ1v) is 14.0. The molecule has 4 aromatic rings. The number of nitrogens with zero attached hydrogens (tertiary/aromatic N) is 2. The lowest BCUT2D eigenvalue weighted by Crippen LogP contribution is -2.31. The zero-order valence-electron chi connectivity index (χ0n) is 21.2. The van der Waals surface area contributed by atoms with Crippen molar-refractivity contribution in [2.45, 2.75) is 43.3 Å². The number of hydrazine groups is 1. The van der Waals surface area contributed by atoms with Crippen molar-refractivity contribution in [3.63, 3.8) is 0 Å². The van der Waals surface area contributed by atoms with Crippen LogP contribution < -0.4 is 21.8 Å². The highest BCUT2D eigenvalue weighted by atomic mass is 35.5. The number of benzene rings is 3. The summed E-state index contributed by atoms with van der Waals surface area (Å²) in [5, 5.41) is 20.5. The second kappa shape index (κ2) is 11.0. The van der Waals surface area contributed by atoms with E-state index in [4.69, 9.17) is 55.7 Å². The zero-order chi connectivity index (χ0) is 28.0. The minimum Gasteiger partial charge on any atom is -0.461 e. The molecule has 2 fully saturated rings. The molecule has 2 aliphatic carbocycles. The van der Waals surface area contributed by atoms with E-state index < -0.39 is 6.29 Å². The molecule has 6 N–H and O–H groups in total. The van der Waals surface area contributed by atoms with E-state index in [9.17, 15) is 5.11 Å². The number of nitrogens with two attached hydrogens (primary N) is 2. The molecule has 3 unspecified atom stereocenters. The summed E-state index contributed by atoms with van der Waals surface area (Å²) >= 11 is 19.6. The molecule has 206 valence electrons. The topological polar surface area (TPSA) is 132 Å². The first-order valence-electron chi connectivity index (χ1n) is 12.8. The van der Waals surface area contributed by atoms with Crippen LogP contribution in [0.2, 0.25) is 15.1 Å². The summed E-state index contributed by atoms with van der Waals surface area (Å²) in [5.41, 5.74) is 6.80. The number of aliphatic hydroxyl groups excluding tert-OH is 1. The van der Waals surface area contributed by atoms with Gasteiger partial charge in [0, 0.05) is 22.1 Å². The van der Waals surface area contributed by atoms with Gasteiger partial charge in [-0.2, -0.15) is 5.10 Å². The number of hydrogen-bond acceptors (Lipinski definition) is 7. The minimum atomic E-state index is -1.36. The molecule has 2 aliphatic rings. The van der Waals surface area contributed by atoms with Gasteiger partial charge in [-0.05, 0) is 66.5 Å². The maximum atomic E-state index is 11.2. The third-order valence-corrected chi connectivity index (χ3v) is 8.40. The Hall–Kier alpha value is -3.27. The Morgan fingerprint density at radius 3 is 2.38 bits per heavy atom. The van der Waals surface area contributed by atoms with Crippen LogP contribution in [-0.4, -0.2) is 16.1 Å². The zero-order valence-corrected chi connectivity index (χ0v) is 23.4. The number of hydrogen-bond donors (Lipinski definition) is 4. The van der Waals surface area contributed by atoms with Gasteiger partial charge in [0.1, 0.15) is 17.2 Å². The van der Waals surface area contributed by atoms with Gasteiger partial charge in [0.25, 0.3) is 0 Å². The number of aromatic nitrogens is 1. The average Bonchev–Trinajstić information content (AvgIpc) is 3.88. The van der Waals surface area contributed by atoms with Crippen LogP contribution in [0.3, 0.4) is 0 Å². The Morgan fingerprint density at radius 1 is 1.02 bits per heavy atom. The summed E-state index contributed by atoms with van der Waals surface area (Å²) in [6, 6.07) is 18.6. The van der Waals surface area contributed by atoms with Gasteiger partial charge in [-0.3, -0.25) is 0 Å². The number of nitrogens with one attached hydrogen (secondary N) is 1. The number of aliphatic hydroxyl groups is 1. The van der Waals surface area contributed by atoms with Crippen molar-refractivity contribution in [3.05, 3.63) is 104 Å². The lowest BCUT2D eigenvalue weighted by Gasteiger charge is -2.16. The van der Waals surface area contributed by atoms with E-state index in [-0.39, 0.29) is 11.8 Å². The quantitative estimate of drug-likeness (QED) is 0.0590. The van der Waals surface area contributed by atoms with Gasteiger partial charge < -0.3 is 25.6 Å². The highest BCUT2D eigenvalue weighted by Gasteiger charge is 2.41. The lowest BCUT2D eigenvalue weighted by molar-refractivity contribution is -0.0203. The second-order valence-electron chi connectivity index (χ2n) is 10.0. The van der Waals surface area contributed by atoms with Crippen LogP contribution in [0.1, 0.15) is 71.3 Å². The van der Waals surface area contributed by atoms with E-state index in [1.165, 1.54) is 5.56 Å². The predicted octanol–water partition coefficient (Wildman–Crippen LogP) is 6.60. The first kappa shape index (κ1) is 26.9. The van der Waals surface area contributed by atoms with Gasteiger partial charge in [-0.15, -0.1) is 0 Å². The van der Waals surface area contributed by atoms with Gasteiger partial charge in [0.15, 0.2) is 5.84 Å². The molecule has 40 heavy (non-hydrogen) atoms. The number of hydrazone groups is 1. The maximum absolute atomic E-state index is 11.2. The molecule has 6 rings (SSSR count). The normalized spacial score (nSPS) is 19.4. The summed E-state index contributed by atoms with van der Waals surface area (Å²) in [7, 11) is 0. The van der Waals surface area contributed by atoms with E-state index in [1.54, 1.807) is 24.3 Å². The maximum Gasteiger partial charge on any atom is 0.229 e. The smallest absolute Gasteiger partial charge is 0.229 e. The van der Waals surface area contributed by atoms with E-state index in [0.717, 1.165) is 30.4 Å². The van der Waals surface area contributed by atoms with Gasteiger partial charge in [-0.1, -0.05) is 76.4 Å². The predicted molar refractivity (Wildman–Crippen MR) is 156 cm³/mol. The Labute approximate surface area is 245 Å². The van der Waals surface area contributed by atoms with E-state index in [2.05, 4.69) is 15.7 Å². The summed E-state index contributed by atoms with van der Waals surface area (Å²) in [6.07, 6.45) is 1.51. The summed E-state index contributed by atoms with van der Waals surface area (Å²) in [6.45, 7) is 0. The molecule has 2 saturated carbocycles. The standard InChI is InChI=1S/C29H26Cl3N5O3/c30-21-2-1-3-22(31)24(21)26-25(27(40-37-26)15-6-7-15)29(38)39-17-10-11-18(23(32)12-17)20-13-19(20)14-4-8-16(9-5-14)28(35-33)36-34/h1-5,8-12,15,19-20,29,38H,6-7,13,33-34H2,(H,35,36). The van der Waals surface area contributed by atoms with E-state index in [0.29, 0.717) is 55.2 Å². The highest BCUT2D eigenvalue weighted by Crippen LogP contribution is 2.56. The number of rotatable bonds is 8. The van der Waals surface area contributed by atoms with Crippen LogP contribution in [-0.2, 0) is 0 Å². The number of amidine groups is 1. The van der Waals surface area contributed by atoms with Crippen molar-refractivity contribution < 1.29 is 14.4 Å². The second-order valence-corrected chi connectivity index (χ2v) is 11.2. The summed E-state index contributed by atoms with van der Waals surface area (Å²) in [4.78, 5) is 0. The number of ether oxygens (including phenoxy) is 1. The molecule has 0 amide bonds. The molecular weight excluding hydrogens is 573 g/mol. The third kappa shape index (κ3) is 5.13. The highest BCUT2D eigenvalue weighted by molar-refractivity contribution is 6.39. The van der Waals surface area contributed by atoms with Crippen LogP contribution >= 0.6 is 34.8 Å². The molecule has 11 heteroatoms. The Bertz CT molecular complexity index is 1570. The Balaban J connectivity index is 1.21. The Morgan fingerprint density at radius 2 is 1.75 bits per heavy atom. The van der Waals surface area contributed by atoms with Crippen LogP contribution in [0.15, 0.2) is 70.3 Å². The molecule has 0 radical (unpaired) electrons. The molecule has 3 atom stereocenters. The summed E-state index contributed by atoms with van der Waals surface area (Å²) < 4.78 is 11.6. The van der Waals surface area contributed by atoms with Crippen LogP contribution in [0.4, 0.5) is 0 Å². The lowest BCUT2D eigenvalue weighted by atomic mass is 10.0. The molecule has 1 heterocycles. The largest absolute Gasteiger partial charge is 0.461 e. The fourth-order valence-electron chi connectivity index (χ4n) is 5.15. The van der Waals surface area contributed by atoms with Crippen molar-refractivity contribution in [1.29, 1.82) is 0 Å². The van der Waals surface area contributed by atoms with Gasteiger partial charge in [0.05, 0.1) is 15.6 Å². The molecule has 0 spiro atoms. The van der Waals surface area contributed by atoms with Crippen molar-refractivity contribution in [1.82, 2.24) is 10.6 Å². The number of halogens is 3. The van der Waals surface area contributed by atoms with E-state index in [1.807, 2.05) is 36.4 Å². The van der Waals surface area contributed by atoms with Gasteiger partial charge in [-0.25, -0.2) is 5.84 Å². The van der Waals surface area contributed by atoms with Crippen molar-refractivity contribution in [2.75, 3.05) is 0 Å².